The average molecular weight is 315 g/mol. The first-order chi connectivity index (χ1) is 10.7. The fraction of sp³-hybridized carbons (Fsp3) is 0.438. The number of rotatable bonds is 6. The van der Waals surface area contributed by atoms with Crippen molar-refractivity contribution in [3.63, 3.8) is 0 Å². The van der Waals surface area contributed by atoms with E-state index in [4.69, 9.17) is 5.10 Å². The van der Waals surface area contributed by atoms with E-state index < -0.39 is 0 Å². The van der Waals surface area contributed by atoms with Gasteiger partial charge in [0.15, 0.2) is 0 Å². The molecule has 116 valence electrons. The SMILES string of the molecule is CCn1nc(Cn2cc(C[C@H](C)SC)nn2)c2ccccc21. The first-order valence-electron chi connectivity index (χ1n) is 7.57. The molecular formula is C16H21N5S. The van der Waals surface area contributed by atoms with Gasteiger partial charge in [-0.1, -0.05) is 30.3 Å². The van der Waals surface area contributed by atoms with Crippen LogP contribution in [-0.4, -0.2) is 36.3 Å². The van der Waals surface area contributed by atoms with Gasteiger partial charge in [-0.2, -0.15) is 16.9 Å². The summed E-state index contributed by atoms with van der Waals surface area (Å²) in [5, 5.41) is 15.0. The van der Waals surface area contributed by atoms with Crippen LogP contribution in [0.2, 0.25) is 0 Å². The number of benzene rings is 1. The molecule has 0 fully saturated rings. The fourth-order valence-corrected chi connectivity index (χ4v) is 2.93. The number of para-hydroxylation sites is 1. The Morgan fingerprint density at radius 3 is 2.86 bits per heavy atom. The molecule has 5 nitrogen and oxygen atoms in total. The second-order valence-corrected chi connectivity index (χ2v) is 6.71. The van der Waals surface area contributed by atoms with Gasteiger partial charge in [0.25, 0.3) is 0 Å². The molecule has 3 rings (SSSR count). The molecule has 0 N–H and O–H groups in total. The van der Waals surface area contributed by atoms with Gasteiger partial charge >= 0.3 is 0 Å². The molecule has 0 unspecified atom stereocenters. The summed E-state index contributed by atoms with van der Waals surface area (Å²) in [4.78, 5) is 0. The molecule has 2 heterocycles. The second kappa shape index (κ2) is 6.52. The van der Waals surface area contributed by atoms with Crippen molar-refractivity contribution in [1.82, 2.24) is 24.8 Å². The number of fused-ring (bicyclic) bond motifs is 1. The van der Waals surface area contributed by atoms with Gasteiger partial charge in [0.2, 0.25) is 0 Å². The van der Waals surface area contributed by atoms with Crippen molar-refractivity contribution >= 4 is 22.7 Å². The average Bonchev–Trinajstić information content (AvgIpc) is 3.12. The summed E-state index contributed by atoms with van der Waals surface area (Å²) in [5.74, 6) is 0. The Kier molecular flexibility index (Phi) is 4.47. The Balaban J connectivity index is 1.84. The zero-order chi connectivity index (χ0) is 15.5. The quantitative estimate of drug-likeness (QED) is 0.701. The van der Waals surface area contributed by atoms with E-state index in [9.17, 15) is 0 Å². The molecule has 0 amide bonds. The zero-order valence-corrected chi connectivity index (χ0v) is 14.0. The van der Waals surface area contributed by atoms with Crippen molar-refractivity contribution in [2.75, 3.05) is 6.26 Å². The largest absolute Gasteiger partial charge is 0.265 e. The summed E-state index contributed by atoms with van der Waals surface area (Å²) >= 11 is 1.85. The minimum absolute atomic E-state index is 0.560. The molecule has 0 radical (unpaired) electrons. The number of hydrogen-bond acceptors (Lipinski definition) is 4. The zero-order valence-electron chi connectivity index (χ0n) is 13.2. The minimum atomic E-state index is 0.560. The first kappa shape index (κ1) is 15.1. The lowest BCUT2D eigenvalue weighted by Gasteiger charge is -2.03. The Morgan fingerprint density at radius 1 is 1.27 bits per heavy atom. The molecule has 0 saturated heterocycles. The first-order valence-corrected chi connectivity index (χ1v) is 8.86. The highest BCUT2D eigenvalue weighted by Crippen LogP contribution is 2.19. The van der Waals surface area contributed by atoms with Gasteiger partial charge < -0.3 is 0 Å². The van der Waals surface area contributed by atoms with Gasteiger partial charge in [-0.05, 0) is 19.2 Å². The highest BCUT2D eigenvalue weighted by atomic mass is 32.2. The number of nitrogens with zero attached hydrogens (tertiary/aromatic N) is 5. The van der Waals surface area contributed by atoms with E-state index in [1.54, 1.807) is 0 Å². The van der Waals surface area contributed by atoms with Crippen LogP contribution in [0, 0.1) is 0 Å². The van der Waals surface area contributed by atoms with Crippen LogP contribution < -0.4 is 0 Å². The monoisotopic (exact) mass is 315 g/mol. The molecular weight excluding hydrogens is 294 g/mol. The number of aromatic nitrogens is 5. The highest BCUT2D eigenvalue weighted by Gasteiger charge is 2.11. The van der Waals surface area contributed by atoms with Crippen LogP contribution >= 0.6 is 11.8 Å². The third kappa shape index (κ3) is 3.02. The third-order valence-electron chi connectivity index (χ3n) is 3.83. The van der Waals surface area contributed by atoms with E-state index >= 15 is 0 Å². The van der Waals surface area contributed by atoms with E-state index in [2.05, 4.69) is 54.7 Å². The lowest BCUT2D eigenvalue weighted by atomic mass is 10.2. The highest BCUT2D eigenvalue weighted by molar-refractivity contribution is 7.99. The third-order valence-corrected chi connectivity index (χ3v) is 4.80. The molecule has 6 heteroatoms. The molecule has 0 saturated carbocycles. The topological polar surface area (TPSA) is 48.5 Å². The summed E-state index contributed by atoms with van der Waals surface area (Å²) in [6.45, 7) is 5.85. The van der Waals surface area contributed by atoms with Crippen LogP contribution in [0.25, 0.3) is 10.9 Å². The summed E-state index contributed by atoms with van der Waals surface area (Å²) in [6.07, 6.45) is 5.11. The lowest BCUT2D eigenvalue weighted by Crippen LogP contribution is -2.03. The molecule has 0 bridgehead atoms. The van der Waals surface area contributed by atoms with Crippen LogP contribution in [0.4, 0.5) is 0 Å². The second-order valence-electron chi connectivity index (χ2n) is 5.44. The van der Waals surface area contributed by atoms with Crippen LogP contribution in [-0.2, 0) is 19.5 Å². The lowest BCUT2D eigenvalue weighted by molar-refractivity contribution is 0.611. The van der Waals surface area contributed by atoms with Crippen LogP contribution in [0.3, 0.4) is 0 Å². The minimum Gasteiger partial charge on any atom is -0.265 e. The van der Waals surface area contributed by atoms with E-state index in [1.807, 2.05) is 27.3 Å². The molecule has 0 aliphatic heterocycles. The van der Waals surface area contributed by atoms with E-state index in [0.29, 0.717) is 11.8 Å². The van der Waals surface area contributed by atoms with Crippen LogP contribution in [0.1, 0.15) is 25.2 Å². The predicted molar refractivity (Wildman–Crippen MR) is 91.2 cm³/mol. The van der Waals surface area contributed by atoms with E-state index in [0.717, 1.165) is 24.4 Å². The molecule has 22 heavy (non-hydrogen) atoms. The standard InChI is InChI=1S/C16H21N5S/c1-4-21-16-8-6-5-7-14(16)15(18-21)11-20-10-13(17-19-20)9-12(2)22-3/h5-8,10,12H,4,9,11H2,1-3H3/t12-/m0/s1. The van der Waals surface area contributed by atoms with Gasteiger partial charge in [-0.3, -0.25) is 4.68 Å². The molecule has 1 atom stereocenters. The molecule has 0 aliphatic carbocycles. The number of thioether (sulfide) groups is 1. The Morgan fingerprint density at radius 2 is 2.09 bits per heavy atom. The number of aryl methyl sites for hydroxylation is 1. The number of hydrogen-bond donors (Lipinski definition) is 0. The van der Waals surface area contributed by atoms with Crippen molar-refractivity contribution in [1.29, 1.82) is 0 Å². The molecule has 0 aliphatic rings. The fourth-order valence-electron chi connectivity index (χ4n) is 2.59. The maximum atomic E-state index is 4.71. The van der Waals surface area contributed by atoms with Crippen molar-refractivity contribution in [2.24, 2.45) is 0 Å². The van der Waals surface area contributed by atoms with Crippen molar-refractivity contribution in [3.8, 4) is 0 Å². The predicted octanol–water partition coefficient (Wildman–Crippen LogP) is 2.99. The Labute approximate surface area is 134 Å². The van der Waals surface area contributed by atoms with Gasteiger partial charge in [0.05, 0.1) is 23.4 Å². The maximum Gasteiger partial charge on any atom is 0.0918 e. The van der Waals surface area contributed by atoms with E-state index in [1.165, 1.54) is 10.9 Å². The van der Waals surface area contributed by atoms with E-state index in [-0.39, 0.29) is 0 Å². The van der Waals surface area contributed by atoms with Crippen LogP contribution in [0.5, 0.6) is 0 Å². The van der Waals surface area contributed by atoms with Gasteiger partial charge in [0.1, 0.15) is 0 Å². The summed E-state index contributed by atoms with van der Waals surface area (Å²) in [5.41, 5.74) is 3.27. The van der Waals surface area contributed by atoms with Crippen molar-refractivity contribution in [3.05, 3.63) is 41.9 Å². The van der Waals surface area contributed by atoms with Crippen LogP contribution in [0.15, 0.2) is 30.5 Å². The Hall–Kier alpha value is -1.82. The molecule has 0 spiro atoms. The van der Waals surface area contributed by atoms with Gasteiger partial charge in [-0.15, -0.1) is 5.10 Å². The summed E-state index contributed by atoms with van der Waals surface area (Å²) < 4.78 is 3.93. The maximum absolute atomic E-state index is 4.71. The Bertz CT molecular complexity index is 761. The normalized spacial score (nSPS) is 12.9. The molecule has 3 aromatic rings. The summed E-state index contributed by atoms with van der Waals surface area (Å²) in [6, 6.07) is 8.34. The van der Waals surface area contributed by atoms with Gasteiger partial charge in [0, 0.05) is 29.8 Å². The molecule has 1 aromatic carbocycles. The van der Waals surface area contributed by atoms with Crippen molar-refractivity contribution < 1.29 is 0 Å². The van der Waals surface area contributed by atoms with Gasteiger partial charge in [-0.25, -0.2) is 4.68 Å². The van der Waals surface area contributed by atoms with Crippen molar-refractivity contribution in [2.45, 2.75) is 38.6 Å². The summed E-state index contributed by atoms with van der Waals surface area (Å²) in [7, 11) is 0. The smallest absolute Gasteiger partial charge is 0.0918 e. The molecule has 2 aromatic heterocycles.